The van der Waals surface area contributed by atoms with Crippen LogP contribution in [-0.4, -0.2) is 16.2 Å². The third kappa shape index (κ3) is 0.789. The van der Waals surface area contributed by atoms with E-state index in [2.05, 4.69) is 9.88 Å². The summed E-state index contributed by atoms with van der Waals surface area (Å²) in [6.45, 7) is 2.84. The van der Waals surface area contributed by atoms with Crippen LogP contribution in [0.2, 0.25) is 0 Å². The van der Waals surface area contributed by atoms with Crippen molar-refractivity contribution in [2.45, 2.75) is 13.1 Å². The van der Waals surface area contributed by atoms with E-state index in [9.17, 15) is 0 Å². The molecule has 1 aliphatic heterocycles. The van der Waals surface area contributed by atoms with Crippen LogP contribution in [0.1, 0.15) is 5.69 Å². The Morgan fingerprint density at radius 3 is 3.30 bits per heavy atom. The summed E-state index contributed by atoms with van der Waals surface area (Å²) >= 11 is 0. The van der Waals surface area contributed by atoms with Crippen LogP contribution in [0.5, 0.6) is 5.75 Å². The zero-order valence-electron chi connectivity index (χ0n) is 5.67. The monoisotopic (exact) mass is 138 g/mol. The van der Waals surface area contributed by atoms with Crippen LogP contribution >= 0.6 is 0 Å². The molecule has 0 unspecified atom stereocenters. The van der Waals surface area contributed by atoms with Gasteiger partial charge >= 0.3 is 0 Å². The third-order valence-electron chi connectivity index (χ3n) is 1.81. The van der Waals surface area contributed by atoms with Crippen LogP contribution in [0.25, 0.3) is 0 Å². The van der Waals surface area contributed by atoms with Crippen LogP contribution in [0, 0.1) is 0 Å². The van der Waals surface area contributed by atoms with Gasteiger partial charge in [-0.15, -0.1) is 0 Å². The molecule has 54 valence electrons. The van der Waals surface area contributed by atoms with Gasteiger partial charge in [-0.1, -0.05) is 0 Å². The molecule has 0 fully saturated rings. The van der Waals surface area contributed by atoms with Gasteiger partial charge in [0, 0.05) is 37.6 Å². The standard InChI is InChI=1S/C7H10N2O/c10-7-3-6-4-8-1-2-9(6)5-7/h3,5,8,10H,1-2,4H2. The smallest absolute Gasteiger partial charge is 0.133 e. The number of aromatic hydroxyl groups is 1. The Morgan fingerprint density at radius 1 is 1.60 bits per heavy atom. The lowest BCUT2D eigenvalue weighted by Crippen LogP contribution is -2.27. The molecule has 0 radical (unpaired) electrons. The van der Waals surface area contributed by atoms with Crippen molar-refractivity contribution in [3.8, 4) is 5.75 Å². The average Bonchev–Trinajstić information content (AvgIpc) is 2.27. The molecule has 2 rings (SSSR count). The second-order valence-corrected chi connectivity index (χ2v) is 2.56. The summed E-state index contributed by atoms with van der Waals surface area (Å²) in [7, 11) is 0. The molecule has 1 aliphatic rings. The molecule has 3 heteroatoms. The molecule has 0 saturated carbocycles. The first-order valence-electron chi connectivity index (χ1n) is 3.45. The predicted octanol–water partition coefficient (Wildman–Crippen LogP) is 0.297. The van der Waals surface area contributed by atoms with E-state index in [-0.39, 0.29) is 0 Å². The van der Waals surface area contributed by atoms with Gasteiger partial charge < -0.3 is 15.0 Å². The zero-order chi connectivity index (χ0) is 6.97. The van der Waals surface area contributed by atoms with Crippen molar-refractivity contribution in [1.29, 1.82) is 0 Å². The fourth-order valence-corrected chi connectivity index (χ4v) is 1.31. The molecule has 2 N–H and O–H groups in total. The van der Waals surface area contributed by atoms with Gasteiger partial charge in [-0.25, -0.2) is 0 Å². The number of hydrogen-bond donors (Lipinski definition) is 2. The summed E-state index contributed by atoms with van der Waals surface area (Å²) in [4.78, 5) is 0. The molecule has 1 aromatic rings. The molecule has 3 nitrogen and oxygen atoms in total. The van der Waals surface area contributed by atoms with Crippen LogP contribution in [0.15, 0.2) is 12.3 Å². The molecule has 0 spiro atoms. The van der Waals surface area contributed by atoms with Crippen LogP contribution in [0.4, 0.5) is 0 Å². The molecule has 0 saturated heterocycles. The number of rotatable bonds is 0. The maximum atomic E-state index is 9.08. The van der Waals surface area contributed by atoms with E-state index in [0.29, 0.717) is 5.75 Å². The minimum Gasteiger partial charge on any atom is -0.506 e. The van der Waals surface area contributed by atoms with E-state index in [1.165, 1.54) is 5.69 Å². The van der Waals surface area contributed by atoms with Crippen LogP contribution in [0.3, 0.4) is 0 Å². The lowest BCUT2D eigenvalue weighted by molar-refractivity contribution is 0.471. The fourth-order valence-electron chi connectivity index (χ4n) is 1.31. The zero-order valence-corrected chi connectivity index (χ0v) is 5.67. The molecule has 0 aromatic carbocycles. The fraction of sp³-hybridized carbons (Fsp3) is 0.429. The molecule has 0 amide bonds. The first-order chi connectivity index (χ1) is 4.86. The summed E-state index contributed by atoms with van der Waals surface area (Å²) in [5, 5.41) is 12.3. The second kappa shape index (κ2) is 2.02. The maximum Gasteiger partial charge on any atom is 0.133 e. The van der Waals surface area contributed by atoms with Crippen molar-refractivity contribution in [3.63, 3.8) is 0 Å². The largest absolute Gasteiger partial charge is 0.506 e. The Hall–Kier alpha value is -0.960. The van der Waals surface area contributed by atoms with Gasteiger partial charge in [-0.05, 0) is 0 Å². The Bertz CT molecular complexity index is 218. The highest BCUT2D eigenvalue weighted by Crippen LogP contribution is 2.15. The van der Waals surface area contributed by atoms with Crippen molar-refractivity contribution in [1.82, 2.24) is 9.88 Å². The quantitative estimate of drug-likeness (QED) is 0.541. The summed E-state index contributed by atoms with van der Waals surface area (Å²) < 4.78 is 2.08. The van der Waals surface area contributed by atoms with E-state index < -0.39 is 0 Å². The van der Waals surface area contributed by atoms with E-state index in [0.717, 1.165) is 19.6 Å². The molecule has 2 heterocycles. The third-order valence-corrected chi connectivity index (χ3v) is 1.81. The SMILES string of the molecule is Oc1cc2n(c1)CCNC2. The van der Waals surface area contributed by atoms with E-state index >= 15 is 0 Å². The number of nitrogens with zero attached hydrogens (tertiary/aromatic N) is 1. The lowest BCUT2D eigenvalue weighted by Gasteiger charge is -2.15. The molecule has 10 heavy (non-hydrogen) atoms. The maximum absolute atomic E-state index is 9.08. The van der Waals surface area contributed by atoms with Crippen molar-refractivity contribution >= 4 is 0 Å². The van der Waals surface area contributed by atoms with E-state index in [1.807, 2.05) is 0 Å². The number of hydrogen-bond acceptors (Lipinski definition) is 2. The highest BCUT2D eigenvalue weighted by atomic mass is 16.3. The number of nitrogens with one attached hydrogen (secondary N) is 1. The second-order valence-electron chi connectivity index (χ2n) is 2.56. The molecular weight excluding hydrogens is 128 g/mol. The highest BCUT2D eigenvalue weighted by Gasteiger charge is 2.07. The summed E-state index contributed by atoms with van der Waals surface area (Å²) in [5.41, 5.74) is 1.17. The Kier molecular flexibility index (Phi) is 1.17. The van der Waals surface area contributed by atoms with Crippen molar-refractivity contribution in [2.24, 2.45) is 0 Å². The van der Waals surface area contributed by atoms with Gasteiger partial charge in [0.2, 0.25) is 0 Å². The summed E-state index contributed by atoms with van der Waals surface area (Å²) in [6.07, 6.45) is 1.77. The Morgan fingerprint density at radius 2 is 2.50 bits per heavy atom. The number of aromatic nitrogens is 1. The predicted molar refractivity (Wildman–Crippen MR) is 37.8 cm³/mol. The first kappa shape index (κ1) is 5.80. The van der Waals surface area contributed by atoms with Crippen LogP contribution in [-0.2, 0) is 13.1 Å². The normalized spacial score (nSPS) is 16.8. The van der Waals surface area contributed by atoms with Crippen LogP contribution < -0.4 is 5.32 Å². The van der Waals surface area contributed by atoms with Gasteiger partial charge in [0.1, 0.15) is 5.75 Å². The summed E-state index contributed by atoms with van der Waals surface area (Å²) in [6, 6.07) is 1.80. The molecule has 0 aliphatic carbocycles. The number of fused-ring (bicyclic) bond motifs is 1. The van der Waals surface area contributed by atoms with Crippen molar-refractivity contribution in [3.05, 3.63) is 18.0 Å². The van der Waals surface area contributed by atoms with Crippen molar-refractivity contribution in [2.75, 3.05) is 6.54 Å². The minimum atomic E-state index is 0.374. The van der Waals surface area contributed by atoms with Crippen molar-refractivity contribution < 1.29 is 5.11 Å². The van der Waals surface area contributed by atoms with E-state index in [1.54, 1.807) is 12.3 Å². The molecule has 0 bridgehead atoms. The van der Waals surface area contributed by atoms with Gasteiger partial charge in [0.25, 0.3) is 0 Å². The molecular formula is C7H10N2O. The molecule has 1 aromatic heterocycles. The average molecular weight is 138 g/mol. The highest BCUT2D eigenvalue weighted by molar-refractivity contribution is 5.23. The van der Waals surface area contributed by atoms with Gasteiger partial charge in [0.05, 0.1) is 0 Å². The first-order valence-corrected chi connectivity index (χ1v) is 3.45. The van der Waals surface area contributed by atoms with E-state index in [4.69, 9.17) is 5.11 Å². The molecule has 0 atom stereocenters. The Labute approximate surface area is 59.3 Å². The lowest BCUT2D eigenvalue weighted by atomic mass is 10.3. The van der Waals surface area contributed by atoms with Gasteiger partial charge in [-0.3, -0.25) is 0 Å². The van der Waals surface area contributed by atoms with Gasteiger partial charge in [-0.2, -0.15) is 0 Å². The minimum absolute atomic E-state index is 0.374. The topological polar surface area (TPSA) is 37.2 Å². The Balaban J connectivity index is 2.41. The summed E-state index contributed by atoms with van der Waals surface area (Å²) in [5.74, 6) is 0.374. The van der Waals surface area contributed by atoms with Gasteiger partial charge in [0.15, 0.2) is 0 Å².